The topological polar surface area (TPSA) is 72.0 Å². The van der Waals surface area contributed by atoms with E-state index in [2.05, 4.69) is 21.7 Å². The van der Waals surface area contributed by atoms with E-state index in [-0.39, 0.29) is 0 Å². The number of aromatic nitrogens is 1. The molecule has 0 radical (unpaired) electrons. The number of nitrogens with zero attached hydrogens (tertiary/aromatic N) is 3. The predicted octanol–water partition coefficient (Wildman–Crippen LogP) is 2.34. The Kier molecular flexibility index (Phi) is 5.91. The first-order chi connectivity index (χ1) is 13.1. The fourth-order valence-corrected chi connectivity index (χ4v) is 3.47. The minimum absolute atomic E-state index is 0.294. The molecule has 2 aromatic rings. The molecule has 1 saturated heterocycles. The number of anilines is 1. The molecule has 0 unspecified atom stereocenters. The van der Waals surface area contributed by atoms with Crippen LogP contribution < -0.4 is 4.90 Å². The van der Waals surface area contributed by atoms with Crippen LogP contribution in [0.1, 0.15) is 34.6 Å². The molecule has 0 saturated carbocycles. The van der Waals surface area contributed by atoms with E-state index in [9.17, 15) is 9.59 Å². The summed E-state index contributed by atoms with van der Waals surface area (Å²) in [6.45, 7) is 8.64. The van der Waals surface area contributed by atoms with Gasteiger partial charge in [-0.15, -0.1) is 0 Å². The highest BCUT2D eigenvalue weighted by molar-refractivity contribution is 6.10. The molecule has 0 bridgehead atoms. The summed E-state index contributed by atoms with van der Waals surface area (Å²) in [6, 6.07) is 5.36. The van der Waals surface area contributed by atoms with Gasteiger partial charge in [0.05, 0.1) is 30.5 Å². The van der Waals surface area contributed by atoms with Gasteiger partial charge < -0.3 is 19.3 Å². The van der Waals surface area contributed by atoms with Gasteiger partial charge >= 0.3 is 11.9 Å². The molecule has 1 aliphatic rings. The lowest BCUT2D eigenvalue weighted by molar-refractivity contribution is 0.0526. The van der Waals surface area contributed by atoms with Gasteiger partial charge in [0.2, 0.25) is 0 Å². The Labute approximate surface area is 158 Å². The fourth-order valence-electron chi connectivity index (χ4n) is 3.47. The number of rotatable bonds is 5. The van der Waals surface area contributed by atoms with Crippen LogP contribution in [0.25, 0.3) is 10.9 Å². The molecule has 0 N–H and O–H groups in total. The van der Waals surface area contributed by atoms with Gasteiger partial charge in [-0.3, -0.25) is 4.98 Å². The van der Waals surface area contributed by atoms with Crippen LogP contribution in [0.4, 0.5) is 5.69 Å². The Morgan fingerprint density at radius 2 is 1.81 bits per heavy atom. The van der Waals surface area contributed by atoms with Gasteiger partial charge in [-0.1, -0.05) is 19.1 Å². The van der Waals surface area contributed by atoms with Crippen LogP contribution in [0.5, 0.6) is 0 Å². The Bertz CT molecular complexity index is 844. The van der Waals surface area contributed by atoms with Crippen LogP contribution in [0.15, 0.2) is 24.4 Å². The van der Waals surface area contributed by atoms with Crippen LogP contribution in [-0.4, -0.2) is 68.3 Å². The third-order valence-electron chi connectivity index (χ3n) is 4.91. The summed E-state index contributed by atoms with van der Waals surface area (Å²) in [4.78, 5) is 33.7. The number of ether oxygens (including phenoxy) is 2. The number of methoxy groups -OCH3 is 1. The summed E-state index contributed by atoms with van der Waals surface area (Å²) in [6.07, 6.45) is 1.51. The number of hydrogen-bond acceptors (Lipinski definition) is 7. The third-order valence-corrected chi connectivity index (χ3v) is 4.91. The number of pyridine rings is 1. The second kappa shape index (κ2) is 8.35. The van der Waals surface area contributed by atoms with Crippen LogP contribution in [-0.2, 0) is 9.47 Å². The molecule has 144 valence electrons. The highest BCUT2D eigenvalue weighted by Gasteiger charge is 2.26. The van der Waals surface area contributed by atoms with E-state index in [0.717, 1.165) is 43.8 Å². The molecule has 1 aromatic heterocycles. The van der Waals surface area contributed by atoms with E-state index in [4.69, 9.17) is 9.47 Å². The lowest BCUT2D eigenvalue weighted by Gasteiger charge is -2.36. The molecule has 0 aliphatic carbocycles. The van der Waals surface area contributed by atoms with Crippen molar-refractivity contribution in [3.05, 3.63) is 35.5 Å². The Balaban J connectivity index is 2.15. The number of para-hydroxylation sites is 1. The van der Waals surface area contributed by atoms with Crippen LogP contribution in [0.2, 0.25) is 0 Å². The van der Waals surface area contributed by atoms with Crippen molar-refractivity contribution in [1.82, 2.24) is 9.88 Å². The van der Waals surface area contributed by atoms with Gasteiger partial charge in [0.25, 0.3) is 0 Å². The molecule has 0 atom stereocenters. The zero-order valence-electron chi connectivity index (χ0n) is 16.0. The number of fused-ring (bicyclic) bond motifs is 1. The van der Waals surface area contributed by atoms with E-state index >= 15 is 0 Å². The third kappa shape index (κ3) is 3.73. The Morgan fingerprint density at radius 3 is 2.44 bits per heavy atom. The van der Waals surface area contributed by atoms with Crippen molar-refractivity contribution in [3.8, 4) is 0 Å². The van der Waals surface area contributed by atoms with Crippen molar-refractivity contribution in [2.45, 2.75) is 13.8 Å². The van der Waals surface area contributed by atoms with Gasteiger partial charge in [-0.2, -0.15) is 0 Å². The first kappa shape index (κ1) is 19.1. The number of hydrogen-bond donors (Lipinski definition) is 0. The normalized spacial score (nSPS) is 15.0. The fraction of sp³-hybridized carbons (Fsp3) is 0.450. The predicted molar refractivity (Wildman–Crippen MR) is 103 cm³/mol. The molecule has 0 spiro atoms. The molecule has 1 aromatic carbocycles. The summed E-state index contributed by atoms with van der Waals surface area (Å²) in [5.74, 6) is -0.845. The maximum absolute atomic E-state index is 12.6. The molecular formula is C20H25N3O4. The Hall–Kier alpha value is -2.67. The summed E-state index contributed by atoms with van der Waals surface area (Å²) < 4.78 is 10.1. The van der Waals surface area contributed by atoms with Crippen LogP contribution in [0, 0.1) is 0 Å². The standard InChI is InChI=1S/C20H25N3O4/c1-4-22-9-11-23(12-10-22)18-14-7-6-8-15(19(24)26-3)17(14)21-13-16(18)20(25)27-5-2/h6-8,13H,4-5,9-12H2,1-3H3. The first-order valence-electron chi connectivity index (χ1n) is 9.25. The second-order valence-electron chi connectivity index (χ2n) is 6.36. The summed E-state index contributed by atoms with van der Waals surface area (Å²) in [7, 11) is 1.35. The van der Waals surface area contributed by atoms with Crippen molar-refractivity contribution in [3.63, 3.8) is 0 Å². The molecule has 1 aliphatic heterocycles. The number of esters is 2. The summed E-state index contributed by atoms with van der Waals surface area (Å²) >= 11 is 0. The maximum atomic E-state index is 12.6. The quantitative estimate of drug-likeness (QED) is 0.747. The number of benzene rings is 1. The monoisotopic (exact) mass is 371 g/mol. The molecule has 2 heterocycles. The maximum Gasteiger partial charge on any atom is 0.341 e. The molecule has 3 rings (SSSR count). The van der Waals surface area contributed by atoms with E-state index in [1.165, 1.54) is 13.3 Å². The van der Waals surface area contributed by atoms with Crippen LogP contribution in [0.3, 0.4) is 0 Å². The molecule has 0 amide bonds. The molecule has 27 heavy (non-hydrogen) atoms. The van der Waals surface area contributed by atoms with Crippen LogP contribution >= 0.6 is 0 Å². The minimum atomic E-state index is -0.446. The molecule has 1 fully saturated rings. The van der Waals surface area contributed by atoms with Gasteiger partial charge in [-0.05, 0) is 19.5 Å². The average molecular weight is 371 g/mol. The highest BCUT2D eigenvalue weighted by Crippen LogP contribution is 2.32. The highest BCUT2D eigenvalue weighted by atomic mass is 16.5. The van der Waals surface area contributed by atoms with Gasteiger partial charge in [0.15, 0.2) is 0 Å². The van der Waals surface area contributed by atoms with E-state index in [0.29, 0.717) is 23.3 Å². The zero-order chi connectivity index (χ0) is 19.4. The van der Waals surface area contributed by atoms with Gasteiger partial charge in [0, 0.05) is 37.8 Å². The summed E-state index contributed by atoms with van der Waals surface area (Å²) in [5, 5.41) is 0.758. The number of likely N-dealkylation sites (N-methyl/N-ethyl adjacent to an activating group) is 1. The zero-order valence-corrected chi connectivity index (χ0v) is 16.0. The van der Waals surface area contributed by atoms with Crippen molar-refractivity contribution in [1.29, 1.82) is 0 Å². The second-order valence-corrected chi connectivity index (χ2v) is 6.36. The SMILES string of the molecule is CCOC(=O)c1cnc2c(C(=O)OC)cccc2c1N1CCN(CC)CC1. The summed E-state index contributed by atoms with van der Waals surface area (Å²) in [5.41, 5.74) is 2.13. The van der Waals surface area contributed by atoms with Crippen molar-refractivity contribution >= 4 is 28.5 Å². The smallest absolute Gasteiger partial charge is 0.341 e. The van der Waals surface area contributed by atoms with Crippen molar-refractivity contribution in [2.24, 2.45) is 0 Å². The van der Waals surface area contributed by atoms with Gasteiger partial charge in [0.1, 0.15) is 5.56 Å². The number of carbonyl (C=O) groups excluding carboxylic acids is 2. The van der Waals surface area contributed by atoms with Crippen molar-refractivity contribution < 1.29 is 19.1 Å². The lowest BCUT2D eigenvalue weighted by atomic mass is 10.0. The van der Waals surface area contributed by atoms with E-state index in [1.807, 2.05) is 6.07 Å². The van der Waals surface area contributed by atoms with E-state index in [1.54, 1.807) is 19.1 Å². The Morgan fingerprint density at radius 1 is 1.07 bits per heavy atom. The lowest BCUT2D eigenvalue weighted by Crippen LogP contribution is -2.46. The van der Waals surface area contributed by atoms with Crippen molar-refractivity contribution in [2.75, 3.05) is 51.3 Å². The number of carbonyl (C=O) groups is 2. The largest absolute Gasteiger partial charge is 0.465 e. The van der Waals surface area contributed by atoms with E-state index < -0.39 is 11.9 Å². The molecule has 7 heteroatoms. The average Bonchev–Trinajstić information content (AvgIpc) is 2.72. The molecular weight excluding hydrogens is 346 g/mol. The minimum Gasteiger partial charge on any atom is -0.465 e. The molecule has 7 nitrogen and oxygen atoms in total. The van der Waals surface area contributed by atoms with Gasteiger partial charge in [-0.25, -0.2) is 9.59 Å². The first-order valence-corrected chi connectivity index (χ1v) is 9.25. The number of piperazine rings is 1.